The molecule has 5 heteroatoms. The number of aliphatic hydroxyl groups excluding tert-OH is 1. The van der Waals surface area contributed by atoms with Crippen LogP contribution in [0.25, 0.3) is 0 Å². The Morgan fingerprint density at radius 3 is 2.75 bits per heavy atom. The van der Waals surface area contributed by atoms with E-state index in [-0.39, 0.29) is 0 Å². The minimum Gasteiger partial charge on any atom is -0.467 e. The van der Waals surface area contributed by atoms with Crippen molar-refractivity contribution in [3.8, 4) is 0 Å². The van der Waals surface area contributed by atoms with Crippen LogP contribution < -0.4 is 0 Å². The fraction of sp³-hybridized carbons (Fsp3) is 0.579. The summed E-state index contributed by atoms with van der Waals surface area (Å²) in [5.41, 5.74) is 0. The first-order valence-corrected chi connectivity index (χ1v) is 9.40. The lowest BCUT2D eigenvalue weighted by molar-refractivity contribution is 0.00340. The Bertz CT molecular complexity index is 565. The van der Waals surface area contributed by atoms with E-state index in [0.29, 0.717) is 25.7 Å². The van der Waals surface area contributed by atoms with Crippen LogP contribution in [0.2, 0.25) is 0 Å². The van der Waals surface area contributed by atoms with E-state index in [9.17, 15) is 5.11 Å². The predicted octanol–water partition coefficient (Wildman–Crippen LogP) is 4.08. The van der Waals surface area contributed by atoms with Crippen molar-refractivity contribution in [2.45, 2.75) is 46.4 Å². The second-order valence-corrected chi connectivity index (χ2v) is 8.05. The fourth-order valence-corrected chi connectivity index (χ4v) is 3.44. The van der Waals surface area contributed by atoms with Gasteiger partial charge in [-0.05, 0) is 50.1 Å². The van der Waals surface area contributed by atoms with Gasteiger partial charge in [-0.25, -0.2) is 0 Å². The molecule has 24 heavy (non-hydrogen) atoms. The van der Waals surface area contributed by atoms with Gasteiger partial charge in [-0.15, -0.1) is 11.3 Å². The molecule has 1 unspecified atom stereocenters. The van der Waals surface area contributed by atoms with E-state index in [1.807, 2.05) is 23.5 Å². The molecule has 0 aliphatic heterocycles. The Kier molecular flexibility index (Phi) is 7.99. The van der Waals surface area contributed by atoms with Gasteiger partial charge in [0.15, 0.2) is 0 Å². The topological polar surface area (TPSA) is 45.8 Å². The lowest BCUT2D eigenvalue weighted by Crippen LogP contribution is -2.35. The molecule has 4 nitrogen and oxygen atoms in total. The summed E-state index contributed by atoms with van der Waals surface area (Å²) in [6.45, 7) is 9.82. The number of aliphatic hydroxyl groups is 1. The summed E-state index contributed by atoms with van der Waals surface area (Å²) >= 11 is 1.83. The third kappa shape index (κ3) is 7.18. The number of aryl methyl sites for hydroxylation is 1. The fourth-order valence-electron chi connectivity index (χ4n) is 2.51. The van der Waals surface area contributed by atoms with Gasteiger partial charge in [-0.3, -0.25) is 4.90 Å². The molecule has 2 heterocycles. The maximum Gasteiger partial charge on any atom is 0.129 e. The predicted molar refractivity (Wildman–Crippen MR) is 98.2 cm³/mol. The number of hydrogen-bond donors (Lipinski definition) is 1. The maximum atomic E-state index is 10.3. The molecule has 134 valence electrons. The van der Waals surface area contributed by atoms with Crippen LogP contribution in [0.4, 0.5) is 0 Å². The number of hydrogen-bond acceptors (Lipinski definition) is 5. The second kappa shape index (κ2) is 9.99. The number of furan rings is 1. The molecule has 0 spiro atoms. The van der Waals surface area contributed by atoms with Gasteiger partial charge in [0.25, 0.3) is 0 Å². The Morgan fingerprint density at radius 1 is 1.29 bits per heavy atom. The first-order valence-electron chi connectivity index (χ1n) is 8.58. The lowest BCUT2D eigenvalue weighted by atomic mass is 10.1. The van der Waals surface area contributed by atoms with Crippen molar-refractivity contribution in [3.63, 3.8) is 0 Å². The highest BCUT2D eigenvalue weighted by Gasteiger charge is 2.14. The van der Waals surface area contributed by atoms with Crippen molar-refractivity contribution in [1.82, 2.24) is 4.90 Å². The molecular formula is C19H29NO3S. The van der Waals surface area contributed by atoms with Crippen LogP contribution in [0.3, 0.4) is 0 Å². The molecule has 0 bridgehead atoms. The van der Waals surface area contributed by atoms with Crippen LogP contribution in [0.5, 0.6) is 0 Å². The van der Waals surface area contributed by atoms with E-state index >= 15 is 0 Å². The van der Waals surface area contributed by atoms with Crippen LogP contribution in [-0.2, 0) is 17.9 Å². The summed E-state index contributed by atoms with van der Waals surface area (Å²) in [6.07, 6.45) is 2.27. The van der Waals surface area contributed by atoms with Crippen molar-refractivity contribution in [2.75, 3.05) is 19.7 Å². The molecule has 0 saturated heterocycles. The smallest absolute Gasteiger partial charge is 0.129 e. The van der Waals surface area contributed by atoms with Gasteiger partial charge in [0.1, 0.15) is 12.4 Å². The number of nitrogens with zero attached hydrogens (tertiary/aromatic N) is 1. The van der Waals surface area contributed by atoms with Gasteiger partial charge in [0.2, 0.25) is 0 Å². The lowest BCUT2D eigenvalue weighted by Gasteiger charge is -2.25. The van der Waals surface area contributed by atoms with E-state index in [1.165, 1.54) is 9.75 Å². The quantitative estimate of drug-likeness (QED) is 0.663. The molecule has 2 aromatic rings. The van der Waals surface area contributed by atoms with Crippen molar-refractivity contribution < 1.29 is 14.3 Å². The summed E-state index contributed by atoms with van der Waals surface area (Å²) in [7, 11) is 0. The largest absolute Gasteiger partial charge is 0.467 e. The summed E-state index contributed by atoms with van der Waals surface area (Å²) in [4.78, 5) is 5.00. The Balaban J connectivity index is 1.78. The molecule has 0 fully saturated rings. The number of thiophene rings is 1. The molecule has 0 aliphatic carbocycles. The van der Waals surface area contributed by atoms with Gasteiger partial charge >= 0.3 is 0 Å². The summed E-state index contributed by atoms with van der Waals surface area (Å²) in [5, 5.41) is 10.3. The molecule has 0 radical (unpaired) electrons. The maximum absolute atomic E-state index is 10.3. The van der Waals surface area contributed by atoms with Gasteiger partial charge in [-0.1, -0.05) is 13.8 Å². The van der Waals surface area contributed by atoms with Crippen molar-refractivity contribution >= 4 is 11.3 Å². The first kappa shape index (κ1) is 19.2. The normalized spacial score (nSPS) is 13.1. The monoisotopic (exact) mass is 351 g/mol. The molecule has 2 rings (SSSR count). The van der Waals surface area contributed by atoms with Crippen LogP contribution in [0, 0.1) is 12.8 Å². The molecule has 2 aromatic heterocycles. The third-order valence-corrected chi connectivity index (χ3v) is 4.79. The standard InChI is InChI=1S/C19H29NO3S/c1-15(2)8-9-20(12-19-7-6-16(3)24-19)11-17(21)13-22-14-18-5-4-10-23-18/h4-7,10,15,17,21H,8-9,11-14H2,1-3H3. The molecule has 0 saturated carbocycles. The molecule has 1 N–H and O–H groups in total. The van der Waals surface area contributed by atoms with Crippen molar-refractivity contribution in [2.24, 2.45) is 5.92 Å². The Morgan fingerprint density at radius 2 is 2.12 bits per heavy atom. The van der Waals surface area contributed by atoms with Crippen LogP contribution in [0.1, 0.15) is 35.8 Å². The SMILES string of the molecule is Cc1ccc(CN(CCC(C)C)CC(O)COCc2ccco2)s1. The van der Waals surface area contributed by atoms with E-state index < -0.39 is 6.10 Å². The minimum absolute atomic E-state index is 0.322. The highest BCUT2D eigenvalue weighted by Crippen LogP contribution is 2.18. The number of rotatable bonds is 11. The average molecular weight is 352 g/mol. The second-order valence-electron chi connectivity index (χ2n) is 6.68. The van der Waals surface area contributed by atoms with Crippen molar-refractivity contribution in [1.29, 1.82) is 0 Å². The summed E-state index contributed by atoms with van der Waals surface area (Å²) < 4.78 is 10.8. The molecule has 0 amide bonds. The van der Waals surface area contributed by atoms with E-state index in [0.717, 1.165) is 25.3 Å². The molecule has 0 aliphatic rings. The minimum atomic E-state index is -0.492. The van der Waals surface area contributed by atoms with Crippen LogP contribution >= 0.6 is 11.3 Å². The van der Waals surface area contributed by atoms with Crippen LogP contribution in [-0.4, -0.2) is 35.8 Å². The zero-order valence-corrected chi connectivity index (χ0v) is 15.7. The number of ether oxygens (including phenoxy) is 1. The Labute approximate surface area is 149 Å². The van der Waals surface area contributed by atoms with Gasteiger partial charge < -0.3 is 14.3 Å². The van der Waals surface area contributed by atoms with Gasteiger partial charge in [0.05, 0.1) is 19.0 Å². The highest BCUT2D eigenvalue weighted by molar-refractivity contribution is 7.11. The first-order chi connectivity index (χ1) is 11.5. The van der Waals surface area contributed by atoms with Gasteiger partial charge in [-0.2, -0.15) is 0 Å². The van der Waals surface area contributed by atoms with Gasteiger partial charge in [0, 0.05) is 22.8 Å². The van der Waals surface area contributed by atoms with E-state index in [4.69, 9.17) is 9.15 Å². The zero-order chi connectivity index (χ0) is 17.4. The summed E-state index contributed by atoms with van der Waals surface area (Å²) in [6, 6.07) is 8.05. The zero-order valence-electron chi connectivity index (χ0n) is 14.9. The third-order valence-electron chi connectivity index (χ3n) is 3.80. The van der Waals surface area contributed by atoms with Crippen LogP contribution in [0.15, 0.2) is 34.9 Å². The van der Waals surface area contributed by atoms with E-state index in [2.05, 4.69) is 37.8 Å². The average Bonchev–Trinajstić information content (AvgIpc) is 3.16. The molecule has 0 aromatic carbocycles. The summed E-state index contributed by atoms with van der Waals surface area (Å²) in [5.74, 6) is 1.44. The molecule has 1 atom stereocenters. The highest BCUT2D eigenvalue weighted by atomic mass is 32.1. The molecular weight excluding hydrogens is 322 g/mol. The van der Waals surface area contributed by atoms with Crippen molar-refractivity contribution in [3.05, 3.63) is 46.0 Å². The van der Waals surface area contributed by atoms with E-state index in [1.54, 1.807) is 6.26 Å². The Hall–Kier alpha value is -1.14.